The van der Waals surface area contributed by atoms with Crippen molar-refractivity contribution in [2.75, 3.05) is 0 Å². The molecule has 0 saturated heterocycles. The lowest BCUT2D eigenvalue weighted by Gasteiger charge is -2.13. The SMILES string of the molecule is CCc1ccc(C(=O)On2c(-c3ccccc3F)nc3ccccc3c2=O)cc1. The minimum absolute atomic E-state index is 0.0597. The Hall–Kier alpha value is -3.80. The summed E-state index contributed by atoms with van der Waals surface area (Å²) in [6, 6.07) is 19.4. The van der Waals surface area contributed by atoms with Gasteiger partial charge in [-0.3, -0.25) is 4.79 Å². The highest BCUT2D eigenvalue weighted by Gasteiger charge is 2.19. The number of carbonyl (C=O) groups is 1. The summed E-state index contributed by atoms with van der Waals surface area (Å²) >= 11 is 0. The van der Waals surface area contributed by atoms with Crippen LogP contribution < -0.4 is 10.4 Å². The van der Waals surface area contributed by atoms with Crippen molar-refractivity contribution in [3.05, 3.63) is 100 Å². The zero-order valence-corrected chi connectivity index (χ0v) is 15.6. The van der Waals surface area contributed by atoms with E-state index in [0.29, 0.717) is 5.52 Å². The van der Waals surface area contributed by atoms with E-state index in [2.05, 4.69) is 4.98 Å². The van der Waals surface area contributed by atoms with Crippen molar-refractivity contribution in [1.29, 1.82) is 0 Å². The van der Waals surface area contributed by atoms with Crippen LogP contribution >= 0.6 is 0 Å². The van der Waals surface area contributed by atoms with E-state index in [1.165, 1.54) is 18.2 Å². The molecule has 0 aliphatic carbocycles. The predicted molar refractivity (Wildman–Crippen MR) is 108 cm³/mol. The molecule has 0 unspecified atom stereocenters. The predicted octanol–water partition coefficient (Wildman–Crippen LogP) is 4.03. The molecule has 29 heavy (non-hydrogen) atoms. The fourth-order valence-electron chi connectivity index (χ4n) is 3.03. The maximum absolute atomic E-state index is 14.4. The molecule has 0 N–H and O–H groups in total. The summed E-state index contributed by atoms with van der Waals surface area (Å²) in [5.41, 5.74) is 1.20. The van der Waals surface area contributed by atoms with Gasteiger partial charge in [0.05, 0.1) is 22.0 Å². The van der Waals surface area contributed by atoms with Crippen LogP contribution in [0, 0.1) is 5.82 Å². The minimum Gasteiger partial charge on any atom is -0.326 e. The molecule has 4 rings (SSSR count). The Bertz CT molecular complexity index is 1260. The second-order valence-corrected chi connectivity index (χ2v) is 6.46. The molecule has 0 spiro atoms. The first-order valence-corrected chi connectivity index (χ1v) is 9.17. The molecular weight excluding hydrogens is 371 g/mol. The number of nitrogens with zero attached hydrogens (tertiary/aromatic N) is 2. The van der Waals surface area contributed by atoms with Crippen molar-refractivity contribution < 1.29 is 14.0 Å². The molecule has 144 valence electrons. The molecule has 5 nitrogen and oxygen atoms in total. The van der Waals surface area contributed by atoms with Gasteiger partial charge in [-0.15, -0.1) is 4.73 Å². The van der Waals surface area contributed by atoms with Crippen molar-refractivity contribution in [3.63, 3.8) is 0 Å². The van der Waals surface area contributed by atoms with E-state index in [1.54, 1.807) is 42.5 Å². The Morgan fingerprint density at radius 1 is 1.00 bits per heavy atom. The van der Waals surface area contributed by atoms with E-state index in [4.69, 9.17) is 4.84 Å². The highest BCUT2D eigenvalue weighted by atomic mass is 19.1. The van der Waals surface area contributed by atoms with Gasteiger partial charge in [-0.2, -0.15) is 0 Å². The molecule has 0 aliphatic rings. The third kappa shape index (κ3) is 3.52. The smallest absolute Gasteiger partial charge is 0.326 e. The first kappa shape index (κ1) is 18.6. The number of aryl methyl sites for hydroxylation is 1. The highest BCUT2D eigenvalue weighted by Crippen LogP contribution is 2.21. The van der Waals surface area contributed by atoms with Crippen molar-refractivity contribution in [2.45, 2.75) is 13.3 Å². The average Bonchev–Trinajstić information content (AvgIpc) is 2.76. The van der Waals surface area contributed by atoms with E-state index in [1.807, 2.05) is 19.1 Å². The van der Waals surface area contributed by atoms with Crippen LogP contribution in [0.25, 0.3) is 22.3 Å². The van der Waals surface area contributed by atoms with Crippen molar-refractivity contribution >= 4 is 16.9 Å². The van der Waals surface area contributed by atoms with E-state index in [0.717, 1.165) is 16.7 Å². The number of para-hydroxylation sites is 1. The molecule has 0 radical (unpaired) electrons. The summed E-state index contributed by atoms with van der Waals surface area (Å²) in [5.74, 6) is -1.39. The molecule has 0 bridgehead atoms. The second-order valence-electron chi connectivity index (χ2n) is 6.46. The number of halogens is 1. The quantitative estimate of drug-likeness (QED) is 0.530. The summed E-state index contributed by atoms with van der Waals surface area (Å²) in [4.78, 5) is 35.5. The van der Waals surface area contributed by atoms with Crippen LogP contribution in [-0.4, -0.2) is 15.7 Å². The molecule has 0 fully saturated rings. The Kier molecular flexibility index (Phi) is 4.91. The molecule has 0 atom stereocenters. The minimum atomic E-state index is -0.732. The van der Waals surface area contributed by atoms with Gasteiger partial charge < -0.3 is 4.84 Å². The van der Waals surface area contributed by atoms with Crippen LogP contribution in [0.3, 0.4) is 0 Å². The Labute approximate surface area is 166 Å². The molecule has 6 heteroatoms. The van der Waals surface area contributed by atoms with Gasteiger partial charge >= 0.3 is 5.97 Å². The number of hydrogen-bond acceptors (Lipinski definition) is 4. The van der Waals surface area contributed by atoms with Crippen LogP contribution in [0.4, 0.5) is 4.39 Å². The zero-order chi connectivity index (χ0) is 20.4. The largest absolute Gasteiger partial charge is 0.363 e. The van der Waals surface area contributed by atoms with Gasteiger partial charge in [-0.05, 0) is 48.4 Å². The highest BCUT2D eigenvalue weighted by molar-refractivity contribution is 5.90. The third-order valence-corrected chi connectivity index (χ3v) is 4.62. The van der Waals surface area contributed by atoms with E-state index < -0.39 is 17.3 Å². The number of aromatic nitrogens is 2. The Morgan fingerprint density at radius 3 is 2.41 bits per heavy atom. The topological polar surface area (TPSA) is 61.2 Å². The van der Waals surface area contributed by atoms with Gasteiger partial charge in [0.2, 0.25) is 0 Å². The number of carbonyl (C=O) groups excluding carboxylic acids is 1. The Balaban J connectivity index is 1.86. The lowest BCUT2D eigenvalue weighted by atomic mass is 10.1. The van der Waals surface area contributed by atoms with Crippen LogP contribution in [0.5, 0.6) is 0 Å². The molecular formula is C23H17FN2O3. The summed E-state index contributed by atoms with van der Waals surface area (Å²) in [6.45, 7) is 2.01. The molecule has 0 amide bonds. The average molecular weight is 388 g/mol. The molecule has 0 aliphatic heterocycles. The first-order valence-electron chi connectivity index (χ1n) is 9.17. The lowest BCUT2D eigenvalue weighted by molar-refractivity contribution is 0.0449. The maximum Gasteiger partial charge on any atom is 0.363 e. The normalized spacial score (nSPS) is 10.8. The zero-order valence-electron chi connectivity index (χ0n) is 15.6. The molecule has 1 aromatic heterocycles. The maximum atomic E-state index is 14.4. The van der Waals surface area contributed by atoms with Gasteiger partial charge in [0.1, 0.15) is 5.82 Å². The number of benzene rings is 3. The molecule has 0 saturated carbocycles. The number of hydrogen-bond donors (Lipinski definition) is 0. The van der Waals surface area contributed by atoms with Crippen LogP contribution in [0.2, 0.25) is 0 Å². The molecule has 1 heterocycles. The van der Waals surface area contributed by atoms with Crippen molar-refractivity contribution in [1.82, 2.24) is 9.71 Å². The standard InChI is InChI=1S/C23H17FN2O3/c1-2-15-11-13-16(14-12-15)23(28)29-26-21(17-7-3-5-9-19(17)24)25-20-10-6-4-8-18(20)22(26)27/h3-14H,2H2,1H3. The molecule has 4 aromatic rings. The monoisotopic (exact) mass is 388 g/mol. The van der Waals surface area contributed by atoms with Gasteiger partial charge in [-0.25, -0.2) is 14.2 Å². The van der Waals surface area contributed by atoms with E-state index in [9.17, 15) is 14.0 Å². The Morgan fingerprint density at radius 2 is 1.69 bits per heavy atom. The van der Waals surface area contributed by atoms with Gasteiger partial charge in [0.15, 0.2) is 5.82 Å². The number of fused-ring (bicyclic) bond motifs is 1. The van der Waals surface area contributed by atoms with Crippen LogP contribution in [0.15, 0.2) is 77.6 Å². The fraction of sp³-hybridized carbons (Fsp3) is 0.0870. The lowest BCUT2D eigenvalue weighted by Crippen LogP contribution is -2.33. The van der Waals surface area contributed by atoms with Crippen molar-refractivity contribution in [3.8, 4) is 11.4 Å². The van der Waals surface area contributed by atoms with Gasteiger partial charge in [-0.1, -0.05) is 43.3 Å². The summed E-state index contributed by atoms with van der Waals surface area (Å²) in [6.07, 6.45) is 0.834. The van der Waals surface area contributed by atoms with E-state index >= 15 is 0 Å². The summed E-state index contributed by atoms with van der Waals surface area (Å²) in [7, 11) is 0. The third-order valence-electron chi connectivity index (χ3n) is 4.62. The van der Waals surface area contributed by atoms with Crippen LogP contribution in [-0.2, 0) is 6.42 Å². The van der Waals surface area contributed by atoms with Crippen LogP contribution in [0.1, 0.15) is 22.8 Å². The van der Waals surface area contributed by atoms with Gasteiger partial charge in [0.25, 0.3) is 5.56 Å². The van der Waals surface area contributed by atoms with E-state index in [-0.39, 0.29) is 22.3 Å². The number of rotatable bonds is 4. The summed E-state index contributed by atoms with van der Waals surface area (Å²) in [5, 5.41) is 0.265. The fourth-order valence-corrected chi connectivity index (χ4v) is 3.03. The summed E-state index contributed by atoms with van der Waals surface area (Å²) < 4.78 is 15.2. The second kappa shape index (κ2) is 7.67. The van der Waals surface area contributed by atoms with Crippen molar-refractivity contribution in [2.24, 2.45) is 0 Å². The molecule has 3 aromatic carbocycles. The van der Waals surface area contributed by atoms with Gasteiger partial charge in [0, 0.05) is 0 Å². The first-order chi connectivity index (χ1) is 14.1.